The molecule has 5 aromatic rings. The van der Waals surface area contributed by atoms with Crippen LogP contribution in [0.15, 0.2) is 109 Å². The van der Waals surface area contributed by atoms with Gasteiger partial charge in [0.25, 0.3) is 0 Å². The molecule has 0 bridgehead atoms. The zero-order valence-corrected chi connectivity index (χ0v) is 45.8. The van der Waals surface area contributed by atoms with Gasteiger partial charge in [-0.05, 0) is 135 Å². The fraction of sp³-hybridized carbons (Fsp3) is 0.457. The van der Waals surface area contributed by atoms with Gasteiger partial charge in [0.2, 0.25) is 0 Å². The van der Waals surface area contributed by atoms with Gasteiger partial charge in [0.05, 0.1) is 26.4 Å². The Kier molecular flexibility index (Phi) is 29.4. The summed E-state index contributed by atoms with van der Waals surface area (Å²) < 4.78 is 24.3. The van der Waals surface area contributed by atoms with Crippen LogP contribution in [0, 0.1) is 47.4 Å². The molecule has 4 heteroatoms. The maximum atomic E-state index is 6.09. The van der Waals surface area contributed by atoms with Gasteiger partial charge in [0.15, 0.2) is 0 Å². The van der Waals surface area contributed by atoms with Crippen LogP contribution in [0.4, 0.5) is 0 Å². The highest BCUT2D eigenvalue weighted by Gasteiger charge is 2.08. The van der Waals surface area contributed by atoms with Crippen LogP contribution in [0.25, 0.3) is 0 Å². The van der Waals surface area contributed by atoms with Crippen LogP contribution < -0.4 is 18.9 Å². The van der Waals surface area contributed by atoms with E-state index in [-0.39, 0.29) is 0 Å². The fourth-order valence-corrected chi connectivity index (χ4v) is 8.40. The molecule has 0 aliphatic carbocycles. The zero-order valence-electron chi connectivity index (χ0n) is 45.8. The molecule has 0 amide bonds. The molecule has 74 heavy (non-hydrogen) atoms. The average Bonchev–Trinajstić information content (AvgIpc) is 3.43. The quantitative estimate of drug-likeness (QED) is 0.0318. The minimum absolute atomic E-state index is 0.726. The van der Waals surface area contributed by atoms with Crippen LogP contribution in [0.1, 0.15) is 226 Å². The first-order valence-corrected chi connectivity index (χ1v) is 28.7. The highest BCUT2D eigenvalue weighted by molar-refractivity contribution is 5.64. The summed E-state index contributed by atoms with van der Waals surface area (Å²) in [5, 5.41) is 0. The van der Waals surface area contributed by atoms with Crippen LogP contribution in [0.5, 0.6) is 23.0 Å². The monoisotopic (exact) mass is 991 g/mol. The molecule has 0 unspecified atom stereocenters. The summed E-state index contributed by atoms with van der Waals surface area (Å²) in [7, 11) is 0. The van der Waals surface area contributed by atoms with E-state index >= 15 is 0 Å². The zero-order chi connectivity index (χ0) is 51.9. The van der Waals surface area contributed by atoms with Gasteiger partial charge in [-0.1, -0.05) is 203 Å². The molecule has 0 saturated heterocycles. The molecule has 0 atom stereocenters. The third-order valence-corrected chi connectivity index (χ3v) is 13.0. The third kappa shape index (κ3) is 24.5. The summed E-state index contributed by atoms with van der Waals surface area (Å²) in [5.41, 5.74) is 6.67. The van der Waals surface area contributed by atoms with Gasteiger partial charge in [0, 0.05) is 44.5 Å². The second-order valence-electron chi connectivity index (χ2n) is 19.5. The Balaban J connectivity index is 1.42. The van der Waals surface area contributed by atoms with E-state index < -0.39 is 0 Å². The van der Waals surface area contributed by atoms with Crippen molar-refractivity contribution < 1.29 is 18.9 Å². The highest BCUT2D eigenvalue weighted by Crippen LogP contribution is 2.21. The summed E-state index contributed by atoms with van der Waals surface area (Å²) in [6.45, 7) is 11.9. The van der Waals surface area contributed by atoms with Crippen LogP contribution in [0.3, 0.4) is 0 Å². The van der Waals surface area contributed by atoms with Crippen molar-refractivity contribution in [1.82, 2.24) is 0 Å². The number of rotatable bonds is 32. The predicted octanol–water partition coefficient (Wildman–Crippen LogP) is 18.2. The predicted molar refractivity (Wildman–Crippen MR) is 312 cm³/mol. The lowest BCUT2D eigenvalue weighted by molar-refractivity contribution is 0.304. The summed E-state index contributed by atoms with van der Waals surface area (Å²) >= 11 is 0. The molecule has 0 saturated carbocycles. The maximum Gasteiger partial charge on any atom is 0.119 e. The van der Waals surface area contributed by atoms with Crippen molar-refractivity contribution in [2.24, 2.45) is 0 Å². The molecule has 0 N–H and O–H groups in total. The van der Waals surface area contributed by atoms with Crippen LogP contribution in [0.2, 0.25) is 0 Å². The first-order chi connectivity index (χ1) is 36.6. The number of ether oxygens (including phenoxy) is 4. The molecule has 0 aliphatic rings. The molecule has 5 aromatic carbocycles. The largest absolute Gasteiger partial charge is 0.494 e. The van der Waals surface area contributed by atoms with Crippen molar-refractivity contribution in [1.29, 1.82) is 0 Å². The molecule has 0 spiro atoms. The van der Waals surface area contributed by atoms with E-state index in [1.165, 1.54) is 128 Å². The van der Waals surface area contributed by atoms with E-state index in [1.54, 1.807) is 0 Å². The van der Waals surface area contributed by atoms with Gasteiger partial charge >= 0.3 is 0 Å². The Labute approximate surface area is 449 Å². The lowest BCUT2D eigenvalue weighted by atomic mass is 9.97. The second kappa shape index (κ2) is 37.3. The van der Waals surface area contributed by atoms with Gasteiger partial charge in [-0.25, -0.2) is 0 Å². The molecular weight excluding hydrogens is 905 g/mol. The molecule has 0 heterocycles. The van der Waals surface area contributed by atoms with Crippen molar-refractivity contribution in [3.8, 4) is 70.4 Å². The number of hydrogen-bond acceptors (Lipinski definition) is 4. The van der Waals surface area contributed by atoms with Crippen molar-refractivity contribution >= 4 is 0 Å². The molecule has 0 fully saturated rings. The SMILES string of the molecule is CCCCCCCCOc1ccc(C#Cc2cc(C#Cc3ccc(OCCCCCCCC)cc3)c(C#Cc3ccc(OCCCCCCCC)cc3)cc2C#Cc2ccc(OCCCCCCCC)cc2)cc1. The van der Waals surface area contributed by atoms with Gasteiger partial charge in [-0.15, -0.1) is 0 Å². The molecule has 390 valence electrons. The summed E-state index contributed by atoms with van der Waals surface area (Å²) in [6.07, 6.45) is 29.6. The summed E-state index contributed by atoms with van der Waals surface area (Å²) in [5.74, 6) is 31.1. The molecule has 0 aromatic heterocycles. The molecule has 0 radical (unpaired) electrons. The fourth-order valence-electron chi connectivity index (χ4n) is 8.40. The normalized spacial score (nSPS) is 10.4. The minimum Gasteiger partial charge on any atom is -0.494 e. The van der Waals surface area contributed by atoms with Gasteiger partial charge in [-0.3, -0.25) is 0 Å². The van der Waals surface area contributed by atoms with Gasteiger partial charge < -0.3 is 18.9 Å². The van der Waals surface area contributed by atoms with Crippen molar-refractivity contribution in [3.63, 3.8) is 0 Å². The van der Waals surface area contributed by atoms with Gasteiger partial charge in [-0.2, -0.15) is 0 Å². The highest BCUT2D eigenvalue weighted by atomic mass is 16.5. The first kappa shape index (κ1) is 58.4. The minimum atomic E-state index is 0.726. The van der Waals surface area contributed by atoms with E-state index in [2.05, 4.69) is 75.1 Å². The van der Waals surface area contributed by atoms with Crippen molar-refractivity contribution in [2.45, 2.75) is 182 Å². The lowest BCUT2D eigenvalue weighted by Crippen LogP contribution is -1.97. The molecule has 0 aliphatic heterocycles. The van der Waals surface area contributed by atoms with Gasteiger partial charge in [0.1, 0.15) is 23.0 Å². The standard InChI is InChI=1S/C70H86O4/c1-5-9-13-17-21-25-53-71-67-45-33-59(34-46-67)29-41-63-57-65(43-31-61-37-49-69(50-38-61)73-55-27-23-19-15-11-7-3)66(44-32-62-39-51-70(52-40-62)74-56-28-24-20-16-12-8-4)58-64(63)42-30-60-35-47-68(48-36-60)72-54-26-22-18-14-10-6-2/h33-40,45-52,57-58H,5-28,53-56H2,1-4H3. The summed E-state index contributed by atoms with van der Waals surface area (Å²) in [4.78, 5) is 0. The topological polar surface area (TPSA) is 36.9 Å². The van der Waals surface area contributed by atoms with E-state index in [4.69, 9.17) is 18.9 Å². The Morgan fingerprint density at radius 1 is 0.230 bits per heavy atom. The molecular formula is C70H86O4. The van der Waals surface area contributed by atoms with Crippen LogP contribution in [-0.2, 0) is 0 Å². The second-order valence-corrected chi connectivity index (χ2v) is 19.5. The Morgan fingerprint density at radius 3 is 0.622 bits per heavy atom. The summed E-state index contributed by atoms with van der Waals surface area (Å²) in [6, 6.07) is 36.4. The number of hydrogen-bond donors (Lipinski definition) is 0. The van der Waals surface area contributed by atoms with E-state index in [9.17, 15) is 0 Å². The third-order valence-electron chi connectivity index (χ3n) is 13.0. The maximum absolute atomic E-state index is 6.09. The van der Waals surface area contributed by atoms with Crippen LogP contribution in [-0.4, -0.2) is 26.4 Å². The van der Waals surface area contributed by atoms with Crippen LogP contribution >= 0.6 is 0 Å². The van der Waals surface area contributed by atoms with E-state index in [1.807, 2.05) is 109 Å². The number of benzene rings is 5. The average molecular weight is 991 g/mol. The number of unbranched alkanes of at least 4 members (excludes halogenated alkanes) is 20. The Hall–Kier alpha value is -6.46. The van der Waals surface area contributed by atoms with E-state index in [0.717, 1.165) is 120 Å². The molecule has 5 rings (SSSR count). The van der Waals surface area contributed by atoms with Crippen molar-refractivity contribution in [3.05, 3.63) is 154 Å². The smallest absolute Gasteiger partial charge is 0.119 e. The first-order valence-electron chi connectivity index (χ1n) is 28.7. The Bertz CT molecular complexity index is 2200. The van der Waals surface area contributed by atoms with E-state index in [0.29, 0.717) is 0 Å². The van der Waals surface area contributed by atoms with Crippen molar-refractivity contribution in [2.75, 3.05) is 26.4 Å². The Morgan fingerprint density at radius 2 is 0.419 bits per heavy atom. The lowest BCUT2D eigenvalue weighted by Gasteiger charge is -2.07. The molecule has 4 nitrogen and oxygen atoms in total.